The molecule has 1 fully saturated rings. The van der Waals surface area contributed by atoms with Gasteiger partial charge in [0.05, 0.1) is 0 Å². The second kappa shape index (κ2) is 4.41. The van der Waals surface area contributed by atoms with Crippen LogP contribution in [-0.2, 0) is 0 Å². The molecule has 16 heavy (non-hydrogen) atoms. The topological polar surface area (TPSA) is 70.2 Å². The van der Waals surface area contributed by atoms with Crippen LogP contribution in [0.25, 0.3) is 0 Å². The maximum absolute atomic E-state index is 11.5. The molecule has 0 radical (unpaired) electrons. The summed E-state index contributed by atoms with van der Waals surface area (Å²) >= 11 is 3.33. The number of rotatable bonds is 2. The number of carboxylic acids is 1. The average Bonchev–Trinajstić information content (AvgIpc) is 2.73. The van der Waals surface area contributed by atoms with Gasteiger partial charge in [0.1, 0.15) is 5.56 Å². The normalized spacial score (nSPS) is 16.6. The summed E-state index contributed by atoms with van der Waals surface area (Å²) in [7, 11) is 0. The maximum Gasteiger partial charge on any atom is 0.341 e. The Morgan fingerprint density at radius 3 is 2.62 bits per heavy atom. The molecule has 2 N–H and O–H groups in total. The Labute approximate surface area is 101 Å². The molecule has 86 valence electrons. The lowest BCUT2D eigenvalue weighted by atomic mass is 10.0. The van der Waals surface area contributed by atoms with Crippen LogP contribution in [0.3, 0.4) is 0 Å². The van der Waals surface area contributed by atoms with Gasteiger partial charge in [0.25, 0.3) is 5.56 Å². The molecular weight excluding hydrogens is 274 g/mol. The van der Waals surface area contributed by atoms with Gasteiger partial charge in [-0.15, -0.1) is 0 Å². The molecule has 1 aliphatic rings. The number of hydrogen-bond donors (Lipinski definition) is 2. The second-order valence-electron chi connectivity index (χ2n) is 4.06. The third-order valence-electron chi connectivity index (χ3n) is 3.02. The van der Waals surface area contributed by atoms with E-state index in [-0.39, 0.29) is 5.56 Å². The van der Waals surface area contributed by atoms with E-state index >= 15 is 0 Å². The summed E-state index contributed by atoms with van der Waals surface area (Å²) in [5.41, 5.74) is 0.110. The Morgan fingerprint density at radius 2 is 2.06 bits per heavy atom. The summed E-state index contributed by atoms with van der Waals surface area (Å²) in [4.78, 5) is 25.0. The highest BCUT2D eigenvalue weighted by molar-refractivity contribution is 9.10. The lowest BCUT2D eigenvalue weighted by molar-refractivity contribution is 0.0695. The quantitative estimate of drug-likeness (QED) is 0.877. The van der Waals surface area contributed by atoms with E-state index in [1.165, 1.54) is 18.9 Å². The Hall–Kier alpha value is -1.10. The van der Waals surface area contributed by atoms with E-state index in [1.807, 2.05) is 0 Å². The third-order valence-corrected chi connectivity index (χ3v) is 3.67. The molecule has 0 aliphatic heterocycles. The number of H-pyrrole nitrogens is 1. The second-order valence-corrected chi connectivity index (χ2v) is 4.91. The summed E-state index contributed by atoms with van der Waals surface area (Å²) < 4.78 is 0.691. The van der Waals surface area contributed by atoms with Crippen LogP contribution in [0.5, 0.6) is 0 Å². The number of pyridine rings is 1. The zero-order valence-corrected chi connectivity index (χ0v) is 10.2. The van der Waals surface area contributed by atoms with Crippen molar-refractivity contribution in [3.8, 4) is 0 Å². The minimum Gasteiger partial charge on any atom is -0.477 e. The predicted octanol–water partition coefficient (Wildman–Crippen LogP) is 2.49. The largest absolute Gasteiger partial charge is 0.477 e. The highest BCUT2D eigenvalue weighted by Gasteiger charge is 2.22. The number of nitrogens with one attached hydrogen (secondary N) is 1. The van der Waals surface area contributed by atoms with Crippen molar-refractivity contribution in [1.29, 1.82) is 0 Å². The molecule has 1 saturated carbocycles. The zero-order chi connectivity index (χ0) is 11.7. The number of hydrogen-bond acceptors (Lipinski definition) is 2. The predicted molar refractivity (Wildman–Crippen MR) is 62.9 cm³/mol. The Kier molecular flexibility index (Phi) is 3.14. The zero-order valence-electron chi connectivity index (χ0n) is 8.62. The van der Waals surface area contributed by atoms with Crippen molar-refractivity contribution >= 4 is 21.9 Å². The molecule has 1 heterocycles. The molecule has 0 bridgehead atoms. The molecule has 0 aromatic carbocycles. The van der Waals surface area contributed by atoms with Crippen molar-refractivity contribution in [1.82, 2.24) is 4.98 Å². The summed E-state index contributed by atoms with van der Waals surface area (Å²) in [6.45, 7) is 0. The standard InChI is InChI=1S/C11H12BrNO3/c12-8-5-7(11(15)16)10(14)13-9(8)6-3-1-2-4-6/h5-6H,1-4H2,(H,13,14)(H,15,16). The SMILES string of the molecule is O=C(O)c1cc(Br)c(C2CCCC2)[nH]c1=O. The molecule has 1 aromatic heterocycles. The van der Waals surface area contributed by atoms with Gasteiger partial charge in [-0.2, -0.15) is 0 Å². The van der Waals surface area contributed by atoms with E-state index in [1.54, 1.807) is 0 Å². The molecule has 0 saturated heterocycles. The van der Waals surface area contributed by atoms with Crippen LogP contribution in [0.2, 0.25) is 0 Å². The van der Waals surface area contributed by atoms with Crippen LogP contribution < -0.4 is 5.56 Å². The lowest BCUT2D eigenvalue weighted by Crippen LogP contribution is -2.20. The summed E-state index contributed by atoms with van der Waals surface area (Å²) in [6.07, 6.45) is 4.45. The first-order valence-corrected chi connectivity index (χ1v) is 6.05. The van der Waals surface area contributed by atoms with Crippen LogP contribution >= 0.6 is 15.9 Å². The Morgan fingerprint density at radius 1 is 1.44 bits per heavy atom. The highest BCUT2D eigenvalue weighted by atomic mass is 79.9. The fraction of sp³-hybridized carbons (Fsp3) is 0.455. The van der Waals surface area contributed by atoms with Crippen LogP contribution in [-0.4, -0.2) is 16.1 Å². The number of carbonyl (C=O) groups is 1. The van der Waals surface area contributed by atoms with Crippen molar-refractivity contribution < 1.29 is 9.90 Å². The van der Waals surface area contributed by atoms with Crippen molar-refractivity contribution in [3.63, 3.8) is 0 Å². The first-order chi connectivity index (χ1) is 7.59. The van der Waals surface area contributed by atoms with Gasteiger partial charge < -0.3 is 10.1 Å². The number of carboxylic acid groups (broad SMARTS) is 1. The number of halogens is 1. The van der Waals surface area contributed by atoms with Gasteiger partial charge in [-0.25, -0.2) is 4.79 Å². The van der Waals surface area contributed by atoms with Gasteiger partial charge in [-0.3, -0.25) is 4.79 Å². The number of aromatic amines is 1. The van der Waals surface area contributed by atoms with E-state index in [0.717, 1.165) is 18.5 Å². The highest BCUT2D eigenvalue weighted by Crippen LogP contribution is 2.35. The Balaban J connectivity index is 2.45. The van der Waals surface area contributed by atoms with E-state index in [4.69, 9.17) is 5.11 Å². The van der Waals surface area contributed by atoms with Gasteiger partial charge in [0, 0.05) is 16.1 Å². The molecule has 0 amide bonds. The van der Waals surface area contributed by atoms with Gasteiger partial charge in [-0.05, 0) is 34.8 Å². The minimum absolute atomic E-state index is 0.214. The fourth-order valence-corrected chi connectivity index (χ4v) is 2.84. The summed E-state index contributed by atoms with van der Waals surface area (Å²) in [6, 6.07) is 1.40. The maximum atomic E-state index is 11.5. The smallest absolute Gasteiger partial charge is 0.341 e. The first-order valence-electron chi connectivity index (χ1n) is 5.25. The molecule has 0 atom stereocenters. The monoisotopic (exact) mass is 285 g/mol. The van der Waals surface area contributed by atoms with E-state index in [0.29, 0.717) is 10.4 Å². The molecule has 1 aliphatic carbocycles. The van der Waals surface area contributed by atoms with Gasteiger partial charge in [0.15, 0.2) is 0 Å². The molecule has 1 aromatic rings. The molecule has 0 unspecified atom stereocenters. The van der Waals surface area contributed by atoms with Crippen molar-refractivity contribution in [2.24, 2.45) is 0 Å². The lowest BCUT2D eigenvalue weighted by Gasteiger charge is -2.11. The van der Waals surface area contributed by atoms with Crippen LogP contribution in [0.4, 0.5) is 0 Å². The minimum atomic E-state index is -1.19. The summed E-state index contributed by atoms with van der Waals surface area (Å²) in [5.74, 6) is -0.843. The van der Waals surface area contributed by atoms with Crippen LogP contribution in [0.15, 0.2) is 15.3 Å². The number of aromatic carboxylic acids is 1. The van der Waals surface area contributed by atoms with Crippen molar-refractivity contribution in [3.05, 3.63) is 32.2 Å². The fourth-order valence-electron chi connectivity index (χ4n) is 2.19. The average molecular weight is 286 g/mol. The molecule has 4 nitrogen and oxygen atoms in total. The van der Waals surface area contributed by atoms with E-state index < -0.39 is 11.5 Å². The van der Waals surface area contributed by atoms with E-state index in [2.05, 4.69) is 20.9 Å². The first kappa shape index (κ1) is 11.4. The van der Waals surface area contributed by atoms with Crippen LogP contribution in [0, 0.1) is 0 Å². The summed E-state index contributed by atoms with van der Waals surface area (Å²) in [5, 5.41) is 8.81. The molecule has 2 rings (SSSR count). The molecule has 0 spiro atoms. The van der Waals surface area contributed by atoms with Gasteiger partial charge >= 0.3 is 5.97 Å². The van der Waals surface area contributed by atoms with E-state index in [9.17, 15) is 9.59 Å². The van der Waals surface area contributed by atoms with Crippen molar-refractivity contribution in [2.75, 3.05) is 0 Å². The number of aromatic nitrogens is 1. The molecular formula is C11H12BrNO3. The Bertz CT molecular complexity index is 475. The van der Waals surface area contributed by atoms with Crippen LogP contribution in [0.1, 0.15) is 47.7 Å². The third kappa shape index (κ3) is 2.04. The van der Waals surface area contributed by atoms with Gasteiger partial charge in [0.2, 0.25) is 0 Å². The van der Waals surface area contributed by atoms with Crippen molar-refractivity contribution in [2.45, 2.75) is 31.6 Å². The van der Waals surface area contributed by atoms with Gasteiger partial charge in [-0.1, -0.05) is 12.8 Å². The molecule has 5 heteroatoms.